The van der Waals surface area contributed by atoms with Crippen molar-refractivity contribution in [3.63, 3.8) is 0 Å². The average Bonchev–Trinajstić information content (AvgIpc) is 2.25. The normalized spacial score (nSPS) is 10.1. The third kappa shape index (κ3) is 2.62. The van der Waals surface area contributed by atoms with Crippen molar-refractivity contribution in [3.05, 3.63) is 42.2 Å². The highest BCUT2D eigenvalue weighted by Crippen LogP contribution is 2.14. The molecule has 3 heteroatoms. The maximum atomic E-state index is 11.1. The summed E-state index contributed by atoms with van der Waals surface area (Å²) in [6.45, 7) is 1.85. The van der Waals surface area contributed by atoms with Gasteiger partial charge in [0.05, 0.1) is 18.9 Å². The molecule has 1 aromatic carbocycles. The largest absolute Gasteiger partial charge is 0.465 e. The second-order valence-corrected chi connectivity index (χ2v) is 2.61. The number of methoxy groups -OCH3 is 1. The van der Waals surface area contributed by atoms with Gasteiger partial charge >= 0.3 is 5.97 Å². The van der Waals surface area contributed by atoms with E-state index >= 15 is 0 Å². The molecule has 14 heavy (non-hydrogen) atoms. The lowest BCUT2D eigenvalue weighted by molar-refractivity contribution is 0.0600. The van der Waals surface area contributed by atoms with E-state index in [2.05, 4.69) is 4.74 Å². The Morgan fingerprint density at radius 1 is 1.43 bits per heavy atom. The van der Waals surface area contributed by atoms with Gasteiger partial charge in [0, 0.05) is 0 Å². The van der Waals surface area contributed by atoms with E-state index in [1.807, 2.05) is 6.92 Å². The van der Waals surface area contributed by atoms with E-state index < -0.39 is 0 Å². The first-order valence-electron chi connectivity index (χ1n) is 4.24. The molecule has 0 unspecified atom stereocenters. The lowest BCUT2D eigenvalue weighted by atomic mass is 10.2. The molecule has 0 saturated carbocycles. The van der Waals surface area contributed by atoms with Crippen LogP contribution >= 0.6 is 0 Å². The van der Waals surface area contributed by atoms with Gasteiger partial charge in [-0.25, -0.2) is 4.79 Å². The molecule has 1 rings (SSSR count). The summed E-state index contributed by atoms with van der Waals surface area (Å²) < 4.78 is 9.79. The summed E-state index contributed by atoms with van der Waals surface area (Å²) in [5, 5.41) is 0. The van der Waals surface area contributed by atoms with Gasteiger partial charge in [0.15, 0.2) is 0 Å². The van der Waals surface area contributed by atoms with Crippen LogP contribution in [0.1, 0.15) is 17.3 Å². The predicted octanol–water partition coefficient (Wildman–Crippen LogP) is 2.39. The number of carbonyl (C=O) groups is 1. The number of hydrogen-bond acceptors (Lipinski definition) is 3. The number of rotatable bonds is 3. The van der Waals surface area contributed by atoms with Gasteiger partial charge in [0.2, 0.25) is 0 Å². The number of ether oxygens (including phenoxy) is 2. The Morgan fingerprint density at radius 3 is 2.86 bits per heavy atom. The van der Waals surface area contributed by atoms with Gasteiger partial charge < -0.3 is 9.47 Å². The molecular weight excluding hydrogens is 180 g/mol. The Bertz CT molecular complexity index is 342. The van der Waals surface area contributed by atoms with Crippen LogP contribution in [0.25, 0.3) is 0 Å². The molecule has 0 bridgehead atoms. The van der Waals surface area contributed by atoms with E-state index in [0.29, 0.717) is 11.3 Å². The minimum atomic E-state index is -0.365. The summed E-state index contributed by atoms with van der Waals surface area (Å²) in [6.07, 6.45) is 3.32. The van der Waals surface area contributed by atoms with E-state index in [0.717, 1.165) is 0 Å². The number of benzene rings is 1. The van der Waals surface area contributed by atoms with Crippen molar-refractivity contribution in [2.45, 2.75) is 6.92 Å². The molecule has 0 aliphatic heterocycles. The van der Waals surface area contributed by atoms with Crippen LogP contribution in [0.4, 0.5) is 0 Å². The second kappa shape index (κ2) is 5.07. The molecule has 0 spiro atoms. The SMILES string of the molecule is C/C=C\Oc1cccc(C(=O)OC)c1. The highest BCUT2D eigenvalue weighted by molar-refractivity contribution is 5.89. The lowest BCUT2D eigenvalue weighted by Gasteiger charge is -2.02. The van der Waals surface area contributed by atoms with Gasteiger partial charge in [-0.1, -0.05) is 12.1 Å². The van der Waals surface area contributed by atoms with Gasteiger partial charge in [-0.05, 0) is 25.1 Å². The van der Waals surface area contributed by atoms with Crippen molar-refractivity contribution in [2.24, 2.45) is 0 Å². The minimum Gasteiger partial charge on any atom is -0.465 e. The zero-order chi connectivity index (χ0) is 10.4. The van der Waals surface area contributed by atoms with Crippen LogP contribution in [0, 0.1) is 0 Å². The topological polar surface area (TPSA) is 35.5 Å². The summed E-state index contributed by atoms with van der Waals surface area (Å²) in [5.41, 5.74) is 0.481. The molecule has 0 radical (unpaired) electrons. The molecule has 0 N–H and O–H groups in total. The van der Waals surface area contributed by atoms with Crippen molar-refractivity contribution in [2.75, 3.05) is 7.11 Å². The highest BCUT2D eigenvalue weighted by Gasteiger charge is 2.05. The fourth-order valence-corrected chi connectivity index (χ4v) is 0.961. The van der Waals surface area contributed by atoms with Crippen molar-refractivity contribution in [1.29, 1.82) is 0 Å². The molecule has 0 fully saturated rings. The summed E-state index contributed by atoms with van der Waals surface area (Å²) in [4.78, 5) is 11.1. The maximum absolute atomic E-state index is 11.1. The first kappa shape index (κ1) is 10.3. The smallest absolute Gasteiger partial charge is 0.337 e. The fraction of sp³-hybridized carbons (Fsp3) is 0.182. The van der Waals surface area contributed by atoms with E-state index in [1.54, 1.807) is 36.6 Å². The first-order valence-corrected chi connectivity index (χ1v) is 4.24. The molecule has 74 valence electrons. The summed E-state index contributed by atoms with van der Waals surface area (Å²) >= 11 is 0. The molecule has 0 amide bonds. The predicted molar refractivity (Wildman–Crippen MR) is 53.2 cm³/mol. The van der Waals surface area contributed by atoms with Crippen LogP contribution in [0.5, 0.6) is 5.75 Å². The Labute approximate surface area is 83.0 Å². The number of hydrogen-bond donors (Lipinski definition) is 0. The Balaban J connectivity index is 2.83. The van der Waals surface area contributed by atoms with Gasteiger partial charge in [-0.3, -0.25) is 0 Å². The van der Waals surface area contributed by atoms with Crippen molar-refractivity contribution in [1.82, 2.24) is 0 Å². The standard InChI is InChI=1S/C11H12O3/c1-3-7-14-10-6-4-5-9(8-10)11(12)13-2/h3-8H,1-2H3/b7-3-. The van der Waals surface area contributed by atoms with Gasteiger partial charge in [0.25, 0.3) is 0 Å². The van der Waals surface area contributed by atoms with Crippen molar-refractivity contribution in [3.8, 4) is 5.75 Å². The van der Waals surface area contributed by atoms with E-state index in [1.165, 1.54) is 7.11 Å². The number of allylic oxidation sites excluding steroid dienone is 1. The fourth-order valence-electron chi connectivity index (χ4n) is 0.961. The first-order chi connectivity index (χ1) is 6.77. The number of carbonyl (C=O) groups excluding carboxylic acids is 1. The van der Waals surface area contributed by atoms with Crippen LogP contribution in [-0.4, -0.2) is 13.1 Å². The van der Waals surface area contributed by atoms with Gasteiger partial charge in [0.1, 0.15) is 5.75 Å². The Morgan fingerprint density at radius 2 is 2.21 bits per heavy atom. The Hall–Kier alpha value is -1.77. The van der Waals surface area contributed by atoms with Crippen LogP contribution in [0.2, 0.25) is 0 Å². The third-order valence-corrected chi connectivity index (χ3v) is 1.60. The number of esters is 1. The van der Waals surface area contributed by atoms with Crippen molar-refractivity contribution >= 4 is 5.97 Å². The van der Waals surface area contributed by atoms with Gasteiger partial charge in [-0.2, -0.15) is 0 Å². The van der Waals surface area contributed by atoms with E-state index in [-0.39, 0.29) is 5.97 Å². The third-order valence-electron chi connectivity index (χ3n) is 1.60. The Kier molecular flexibility index (Phi) is 3.73. The molecule has 0 saturated heterocycles. The average molecular weight is 192 g/mol. The summed E-state index contributed by atoms with van der Waals surface area (Å²) in [6, 6.07) is 6.82. The van der Waals surface area contributed by atoms with E-state index in [4.69, 9.17) is 4.74 Å². The van der Waals surface area contributed by atoms with Crippen LogP contribution < -0.4 is 4.74 Å². The monoisotopic (exact) mass is 192 g/mol. The van der Waals surface area contributed by atoms with Crippen molar-refractivity contribution < 1.29 is 14.3 Å². The molecule has 0 aliphatic rings. The van der Waals surface area contributed by atoms with E-state index in [9.17, 15) is 4.79 Å². The molecule has 0 aromatic heterocycles. The minimum absolute atomic E-state index is 0.365. The molecule has 0 heterocycles. The summed E-state index contributed by atoms with van der Waals surface area (Å²) in [5.74, 6) is 0.252. The molecular formula is C11H12O3. The molecule has 0 aliphatic carbocycles. The second-order valence-electron chi connectivity index (χ2n) is 2.61. The quantitative estimate of drug-likeness (QED) is 0.545. The van der Waals surface area contributed by atoms with Crippen LogP contribution in [0.15, 0.2) is 36.6 Å². The molecule has 3 nitrogen and oxygen atoms in total. The zero-order valence-electron chi connectivity index (χ0n) is 8.19. The zero-order valence-corrected chi connectivity index (χ0v) is 8.19. The maximum Gasteiger partial charge on any atom is 0.337 e. The van der Waals surface area contributed by atoms with Crippen LogP contribution in [0.3, 0.4) is 0 Å². The molecule has 0 atom stereocenters. The summed E-state index contributed by atoms with van der Waals surface area (Å²) in [7, 11) is 1.35. The molecule has 1 aromatic rings. The lowest BCUT2D eigenvalue weighted by Crippen LogP contribution is -2.00. The van der Waals surface area contributed by atoms with Crippen LogP contribution in [-0.2, 0) is 4.74 Å². The highest BCUT2D eigenvalue weighted by atomic mass is 16.5. The van der Waals surface area contributed by atoms with Gasteiger partial charge in [-0.15, -0.1) is 0 Å².